The number of anilines is 1. The minimum Gasteiger partial charge on any atom is -0.311 e. The molecule has 2 amide bonds. The molecule has 0 radical (unpaired) electrons. The van der Waals surface area contributed by atoms with Crippen molar-refractivity contribution in [2.24, 2.45) is 11.8 Å². The summed E-state index contributed by atoms with van der Waals surface area (Å²) in [6.45, 7) is 4.35. The van der Waals surface area contributed by atoms with Gasteiger partial charge in [0.05, 0.1) is 18.0 Å². The van der Waals surface area contributed by atoms with Gasteiger partial charge in [-0.05, 0) is 18.9 Å². The van der Waals surface area contributed by atoms with Crippen LogP contribution in [0.2, 0.25) is 0 Å². The quantitative estimate of drug-likeness (QED) is 0.749. The number of carbonyl (C=O) groups excluding carboxylic acids is 2. The lowest BCUT2D eigenvalue weighted by Gasteiger charge is -2.30. The van der Waals surface area contributed by atoms with E-state index < -0.39 is 0 Å². The number of hydrogen-bond acceptors (Lipinski definition) is 3. The van der Waals surface area contributed by atoms with Gasteiger partial charge in [-0.25, -0.2) is 9.88 Å². The van der Waals surface area contributed by atoms with Gasteiger partial charge in [-0.1, -0.05) is 18.9 Å². The molecule has 1 aromatic rings. The number of aromatic amines is 1. The molecule has 1 aromatic heterocycles. The third-order valence-corrected chi connectivity index (χ3v) is 5.82. The highest BCUT2D eigenvalue weighted by Crippen LogP contribution is 2.37. The largest absolute Gasteiger partial charge is 0.311 e. The maximum absolute atomic E-state index is 12.6. The highest BCUT2D eigenvalue weighted by molar-refractivity contribution is 6.05. The fourth-order valence-electron chi connectivity index (χ4n) is 4.41. The lowest BCUT2D eigenvalue weighted by molar-refractivity contribution is -0.908. The van der Waals surface area contributed by atoms with Crippen LogP contribution in [0.4, 0.5) is 5.82 Å². The predicted molar refractivity (Wildman–Crippen MR) is 88.1 cm³/mol. The first-order valence-corrected chi connectivity index (χ1v) is 9.14. The summed E-state index contributed by atoms with van der Waals surface area (Å²) < 4.78 is 0. The van der Waals surface area contributed by atoms with Crippen molar-refractivity contribution in [1.29, 1.82) is 0 Å². The van der Waals surface area contributed by atoms with Gasteiger partial charge in [0.15, 0.2) is 6.67 Å². The molecule has 1 aliphatic carbocycles. The fraction of sp³-hybridized carbons (Fsp3) is 0.611. The Morgan fingerprint density at radius 3 is 2.29 bits per heavy atom. The van der Waals surface area contributed by atoms with E-state index in [4.69, 9.17) is 0 Å². The molecule has 3 aliphatic rings. The molecule has 3 heterocycles. The van der Waals surface area contributed by atoms with Crippen LogP contribution in [-0.2, 0) is 9.59 Å². The van der Waals surface area contributed by atoms with Crippen molar-refractivity contribution < 1.29 is 19.5 Å². The Bertz CT molecular complexity index is 589. The second-order valence-electron chi connectivity index (χ2n) is 7.24. The second kappa shape index (κ2) is 6.51. The van der Waals surface area contributed by atoms with Gasteiger partial charge in [-0.15, -0.1) is 0 Å². The van der Waals surface area contributed by atoms with Crippen LogP contribution >= 0.6 is 0 Å². The number of likely N-dealkylation sites (tertiary alicyclic amines) is 1. The Morgan fingerprint density at radius 2 is 1.71 bits per heavy atom. The molecule has 0 aromatic carbocycles. The van der Waals surface area contributed by atoms with E-state index in [-0.39, 0.29) is 23.7 Å². The molecule has 3 fully saturated rings. The Labute approximate surface area is 142 Å². The van der Waals surface area contributed by atoms with Crippen molar-refractivity contribution in [2.45, 2.75) is 25.7 Å². The van der Waals surface area contributed by atoms with Crippen molar-refractivity contribution in [3.05, 3.63) is 24.4 Å². The highest BCUT2D eigenvalue weighted by Gasteiger charge is 2.49. The highest BCUT2D eigenvalue weighted by atomic mass is 16.2. The number of aromatic nitrogens is 1. The number of H-pyrrole nitrogens is 1. The molecule has 2 atom stereocenters. The van der Waals surface area contributed by atoms with Crippen molar-refractivity contribution in [2.75, 3.05) is 37.7 Å². The van der Waals surface area contributed by atoms with Crippen molar-refractivity contribution >= 4 is 17.6 Å². The maximum Gasteiger partial charge on any atom is 0.274 e. The van der Waals surface area contributed by atoms with Crippen LogP contribution in [0.15, 0.2) is 24.4 Å². The van der Waals surface area contributed by atoms with Crippen LogP contribution in [0.1, 0.15) is 25.7 Å². The molecular weight excluding hydrogens is 304 g/mol. The molecule has 0 unspecified atom stereocenters. The van der Waals surface area contributed by atoms with Crippen LogP contribution in [0.5, 0.6) is 0 Å². The molecule has 0 bridgehead atoms. The summed E-state index contributed by atoms with van der Waals surface area (Å²) in [6, 6.07) is 6.10. The van der Waals surface area contributed by atoms with E-state index in [1.165, 1.54) is 4.90 Å². The summed E-state index contributed by atoms with van der Waals surface area (Å²) in [5.74, 6) is 1.28. The smallest absolute Gasteiger partial charge is 0.274 e. The Kier molecular flexibility index (Phi) is 4.22. The van der Waals surface area contributed by atoms with Gasteiger partial charge >= 0.3 is 0 Å². The SMILES string of the molecule is O=C1[C@@H]2CCCC[C@H]2C(=O)N1C[NH+]1CCN(c2cccc[nH+]2)CC1. The molecule has 6 heteroatoms. The van der Waals surface area contributed by atoms with Crippen LogP contribution in [0.25, 0.3) is 0 Å². The third kappa shape index (κ3) is 2.79. The average Bonchev–Trinajstić information content (AvgIpc) is 2.88. The Morgan fingerprint density at radius 1 is 1.04 bits per heavy atom. The topological polar surface area (TPSA) is 59.2 Å². The van der Waals surface area contributed by atoms with E-state index >= 15 is 0 Å². The Balaban J connectivity index is 1.35. The summed E-state index contributed by atoms with van der Waals surface area (Å²) >= 11 is 0. The molecule has 2 N–H and O–H groups in total. The fourth-order valence-corrected chi connectivity index (χ4v) is 4.41. The van der Waals surface area contributed by atoms with E-state index in [9.17, 15) is 9.59 Å². The van der Waals surface area contributed by atoms with Crippen LogP contribution in [0, 0.1) is 11.8 Å². The number of carbonyl (C=O) groups is 2. The standard InChI is InChI=1S/C18H24N4O2/c23-17-14-5-1-2-6-15(14)18(24)22(17)13-20-9-11-21(12-10-20)16-7-3-4-8-19-16/h3-4,7-8,14-15H,1-2,5-6,9-13H2/p+2/t14-,15-/m1/s1. The number of amides is 2. The molecule has 0 spiro atoms. The zero-order valence-electron chi connectivity index (χ0n) is 14.0. The summed E-state index contributed by atoms with van der Waals surface area (Å²) in [4.78, 5) is 33.7. The first-order valence-electron chi connectivity index (χ1n) is 9.14. The molecule has 2 aliphatic heterocycles. The molecule has 24 heavy (non-hydrogen) atoms. The van der Waals surface area contributed by atoms with E-state index in [0.29, 0.717) is 6.67 Å². The number of imide groups is 1. The first kappa shape index (κ1) is 15.6. The monoisotopic (exact) mass is 330 g/mol. The van der Waals surface area contributed by atoms with Gasteiger partial charge in [0.25, 0.3) is 5.82 Å². The summed E-state index contributed by atoms with van der Waals surface area (Å²) in [5, 5.41) is 0. The lowest BCUT2D eigenvalue weighted by Crippen LogP contribution is -3.16. The van der Waals surface area contributed by atoms with Crippen molar-refractivity contribution in [3.8, 4) is 0 Å². The van der Waals surface area contributed by atoms with Crippen LogP contribution in [-0.4, -0.2) is 49.6 Å². The number of quaternary nitrogens is 1. The van der Waals surface area contributed by atoms with E-state index in [2.05, 4.69) is 16.0 Å². The molecule has 128 valence electrons. The van der Waals surface area contributed by atoms with Gasteiger partial charge in [-0.3, -0.25) is 14.5 Å². The van der Waals surface area contributed by atoms with E-state index in [0.717, 1.165) is 57.7 Å². The zero-order valence-corrected chi connectivity index (χ0v) is 14.0. The maximum atomic E-state index is 12.6. The number of hydrogen-bond donors (Lipinski definition) is 1. The summed E-state index contributed by atoms with van der Waals surface area (Å²) in [6.07, 6.45) is 5.93. The van der Waals surface area contributed by atoms with Gasteiger partial charge in [0.1, 0.15) is 26.2 Å². The molecule has 2 saturated heterocycles. The first-order chi connectivity index (χ1) is 11.7. The number of pyridine rings is 1. The van der Waals surface area contributed by atoms with E-state index in [1.807, 2.05) is 18.3 Å². The summed E-state index contributed by atoms with van der Waals surface area (Å²) in [5.41, 5.74) is 0. The minimum atomic E-state index is -0.0224. The van der Waals surface area contributed by atoms with Crippen LogP contribution < -0.4 is 14.8 Å². The zero-order chi connectivity index (χ0) is 16.5. The minimum absolute atomic E-state index is 0.0224. The second-order valence-corrected chi connectivity index (χ2v) is 7.24. The average molecular weight is 330 g/mol. The summed E-state index contributed by atoms with van der Waals surface area (Å²) in [7, 11) is 0. The van der Waals surface area contributed by atoms with Gasteiger partial charge < -0.3 is 4.90 Å². The van der Waals surface area contributed by atoms with Crippen molar-refractivity contribution in [1.82, 2.24) is 4.90 Å². The number of nitrogens with one attached hydrogen (secondary N) is 2. The number of rotatable bonds is 3. The molecule has 6 nitrogen and oxygen atoms in total. The number of fused-ring (bicyclic) bond motifs is 1. The molecular formula is C18H26N4O2+2. The molecule has 1 saturated carbocycles. The molecule has 4 rings (SSSR count). The lowest BCUT2D eigenvalue weighted by atomic mass is 9.81. The van der Waals surface area contributed by atoms with Crippen molar-refractivity contribution in [3.63, 3.8) is 0 Å². The van der Waals surface area contributed by atoms with Crippen LogP contribution in [0.3, 0.4) is 0 Å². The Hall–Kier alpha value is -1.95. The van der Waals surface area contributed by atoms with Gasteiger partial charge in [0.2, 0.25) is 11.8 Å². The van der Waals surface area contributed by atoms with Gasteiger partial charge in [-0.2, -0.15) is 0 Å². The number of nitrogens with zero attached hydrogens (tertiary/aromatic N) is 2. The van der Waals surface area contributed by atoms with E-state index in [1.54, 1.807) is 4.90 Å². The predicted octanol–water partition coefficient (Wildman–Crippen LogP) is -0.662. The van der Waals surface area contributed by atoms with Gasteiger partial charge in [0, 0.05) is 6.07 Å². The third-order valence-electron chi connectivity index (χ3n) is 5.82. The normalized spacial score (nSPS) is 28.3. The number of piperazine rings is 1.